The lowest BCUT2D eigenvalue weighted by Crippen LogP contribution is -2.25. The number of hydrogen-bond donors (Lipinski definition) is 3. The minimum Gasteiger partial charge on any atom is -0.307 e. The highest BCUT2D eigenvalue weighted by atomic mass is 32.2. The van der Waals surface area contributed by atoms with E-state index < -0.39 is 21.3 Å². The maximum Gasteiger partial charge on any atom is 0.326 e. The zero-order valence-corrected chi connectivity index (χ0v) is 15.2. The van der Waals surface area contributed by atoms with Gasteiger partial charge in [0.2, 0.25) is 10.0 Å². The third-order valence-electron chi connectivity index (χ3n) is 4.14. The van der Waals surface area contributed by atoms with Crippen LogP contribution in [0.4, 0.5) is 0 Å². The van der Waals surface area contributed by atoms with Gasteiger partial charge in [0.25, 0.3) is 5.56 Å². The molecular formula is C18H15N5O4S. The SMILES string of the molecule is O=c1[nH]c(=O)c2cc(S(=O)(=O)NCc3cnn(-c4ccccc4)c3)ccc2[nH]1. The molecule has 2 heterocycles. The van der Waals surface area contributed by atoms with Crippen molar-refractivity contribution >= 4 is 20.9 Å². The predicted octanol–water partition coefficient (Wildman–Crippen LogP) is 0.881. The van der Waals surface area contributed by atoms with Gasteiger partial charge in [-0.15, -0.1) is 0 Å². The summed E-state index contributed by atoms with van der Waals surface area (Å²) >= 11 is 0. The van der Waals surface area contributed by atoms with Gasteiger partial charge in [-0.25, -0.2) is 22.6 Å². The summed E-state index contributed by atoms with van der Waals surface area (Å²) in [4.78, 5) is 27.6. The Morgan fingerprint density at radius 1 is 1.04 bits per heavy atom. The molecule has 0 aliphatic carbocycles. The Kier molecular flexibility index (Phi) is 4.41. The number of fused-ring (bicyclic) bond motifs is 1. The molecule has 0 aliphatic heterocycles. The molecule has 0 fully saturated rings. The fourth-order valence-electron chi connectivity index (χ4n) is 2.75. The molecule has 0 radical (unpaired) electrons. The van der Waals surface area contributed by atoms with Crippen molar-refractivity contribution in [3.8, 4) is 5.69 Å². The van der Waals surface area contributed by atoms with Crippen LogP contribution in [0, 0.1) is 0 Å². The van der Waals surface area contributed by atoms with Gasteiger partial charge >= 0.3 is 5.69 Å². The first-order valence-electron chi connectivity index (χ1n) is 8.27. The van der Waals surface area contributed by atoms with Crippen LogP contribution in [0.3, 0.4) is 0 Å². The number of hydrogen-bond acceptors (Lipinski definition) is 5. The van der Waals surface area contributed by atoms with Crippen molar-refractivity contribution in [2.24, 2.45) is 0 Å². The van der Waals surface area contributed by atoms with E-state index in [4.69, 9.17) is 0 Å². The molecule has 0 spiro atoms. The zero-order valence-electron chi connectivity index (χ0n) is 14.4. The molecule has 2 aromatic heterocycles. The molecule has 0 saturated heterocycles. The predicted molar refractivity (Wildman–Crippen MR) is 103 cm³/mol. The van der Waals surface area contributed by atoms with Gasteiger partial charge in [-0.1, -0.05) is 18.2 Å². The van der Waals surface area contributed by atoms with Gasteiger partial charge in [0.1, 0.15) is 0 Å². The quantitative estimate of drug-likeness (QED) is 0.460. The average Bonchev–Trinajstić information content (AvgIpc) is 3.16. The molecule has 10 heteroatoms. The number of benzene rings is 2. The number of aromatic amines is 2. The Morgan fingerprint density at radius 2 is 1.82 bits per heavy atom. The van der Waals surface area contributed by atoms with Crippen molar-refractivity contribution in [3.63, 3.8) is 0 Å². The third kappa shape index (κ3) is 3.50. The fraction of sp³-hybridized carbons (Fsp3) is 0.0556. The lowest BCUT2D eigenvalue weighted by Gasteiger charge is -2.06. The van der Waals surface area contributed by atoms with E-state index in [1.54, 1.807) is 17.1 Å². The normalized spacial score (nSPS) is 11.7. The van der Waals surface area contributed by atoms with Crippen molar-refractivity contribution in [2.75, 3.05) is 0 Å². The third-order valence-corrected chi connectivity index (χ3v) is 5.54. The first-order chi connectivity index (χ1) is 13.4. The van der Waals surface area contributed by atoms with Crippen LogP contribution in [0.15, 0.2) is 75.4 Å². The number of nitrogens with zero attached hydrogens (tertiary/aromatic N) is 2. The summed E-state index contributed by atoms with van der Waals surface area (Å²) in [5.41, 5.74) is 0.494. The van der Waals surface area contributed by atoms with Gasteiger partial charge in [0, 0.05) is 18.3 Å². The van der Waals surface area contributed by atoms with Crippen molar-refractivity contribution in [3.05, 3.63) is 87.3 Å². The Balaban J connectivity index is 1.57. The highest BCUT2D eigenvalue weighted by Crippen LogP contribution is 2.15. The molecule has 142 valence electrons. The lowest BCUT2D eigenvalue weighted by molar-refractivity contribution is 0.581. The largest absolute Gasteiger partial charge is 0.326 e. The van der Waals surface area contributed by atoms with Crippen molar-refractivity contribution < 1.29 is 8.42 Å². The summed E-state index contributed by atoms with van der Waals surface area (Å²) < 4.78 is 29.3. The van der Waals surface area contributed by atoms with E-state index in [-0.39, 0.29) is 22.3 Å². The monoisotopic (exact) mass is 397 g/mol. The standard InChI is InChI=1S/C18H15N5O4S/c24-17-15-8-14(6-7-16(15)21-18(25)22-17)28(26,27)20-10-12-9-19-23(11-12)13-4-2-1-3-5-13/h1-9,11,20H,10H2,(H2,21,22,24,25). The molecule has 0 aliphatic rings. The molecular weight excluding hydrogens is 382 g/mol. The van der Waals surface area contributed by atoms with Crippen molar-refractivity contribution in [2.45, 2.75) is 11.4 Å². The second-order valence-electron chi connectivity index (χ2n) is 6.07. The zero-order chi connectivity index (χ0) is 19.7. The van der Waals surface area contributed by atoms with E-state index >= 15 is 0 Å². The molecule has 9 nitrogen and oxygen atoms in total. The number of H-pyrrole nitrogens is 2. The summed E-state index contributed by atoms with van der Waals surface area (Å²) in [6.07, 6.45) is 3.30. The van der Waals surface area contributed by atoms with Crippen LogP contribution in [-0.2, 0) is 16.6 Å². The number of para-hydroxylation sites is 1. The van der Waals surface area contributed by atoms with E-state index in [9.17, 15) is 18.0 Å². The summed E-state index contributed by atoms with van der Waals surface area (Å²) in [6.45, 7) is 0.0369. The summed E-state index contributed by atoms with van der Waals surface area (Å²) in [5.74, 6) is 0. The summed E-state index contributed by atoms with van der Waals surface area (Å²) in [5, 5.41) is 4.31. The number of sulfonamides is 1. The van der Waals surface area contributed by atoms with Crippen LogP contribution in [0.1, 0.15) is 5.56 Å². The van der Waals surface area contributed by atoms with Crippen LogP contribution < -0.4 is 16.0 Å². The van der Waals surface area contributed by atoms with Crippen LogP contribution in [0.2, 0.25) is 0 Å². The highest BCUT2D eigenvalue weighted by molar-refractivity contribution is 7.89. The van der Waals surface area contributed by atoms with E-state index in [2.05, 4.69) is 19.8 Å². The Bertz CT molecular complexity index is 1370. The van der Waals surface area contributed by atoms with Crippen molar-refractivity contribution in [1.29, 1.82) is 0 Å². The van der Waals surface area contributed by atoms with Crippen LogP contribution in [0.5, 0.6) is 0 Å². The summed E-state index contributed by atoms with van der Waals surface area (Å²) in [7, 11) is -3.86. The second-order valence-corrected chi connectivity index (χ2v) is 7.84. The molecule has 0 atom stereocenters. The van der Waals surface area contributed by atoms with E-state index in [0.717, 1.165) is 5.69 Å². The molecule has 4 rings (SSSR count). The minimum atomic E-state index is -3.86. The number of aromatic nitrogens is 4. The van der Waals surface area contributed by atoms with Gasteiger partial charge in [0.15, 0.2) is 0 Å². The second kappa shape index (κ2) is 6.91. The highest BCUT2D eigenvalue weighted by Gasteiger charge is 2.16. The minimum absolute atomic E-state index is 0.0369. The first-order valence-corrected chi connectivity index (χ1v) is 9.76. The average molecular weight is 397 g/mol. The molecule has 28 heavy (non-hydrogen) atoms. The lowest BCUT2D eigenvalue weighted by atomic mass is 10.2. The maximum absolute atomic E-state index is 12.6. The van der Waals surface area contributed by atoms with Crippen LogP contribution >= 0.6 is 0 Å². The fourth-order valence-corrected chi connectivity index (χ4v) is 3.79. The van der Waals surface area contributed by atoms with Crippen LogP contribution in [0.25, 0.3) is 16.6 Å². The summed E-state index contributed by atoms with van der Waals surface area (Å²) in [6, 6.07) is 13.4. The van der Waals surface area contributed by atoms with Crippen molar-refractivity contribution in [1.82, 2.24) is 24.5 Å². The molecule has 0 saturated carbocycles. The Morgan fingerprint density at radius 3 is 2.61 bits per heavy atom. The van der Waals surface area contributed by atoms with E-state index in [1.165, 1.54) is 18.2 Å². The van der Waals surface area contributed by atoms with Gasteiger partial charge < -0.3 is 4.98 Å². The van der Waals surface area contributed by atoms with E-state index in [0.29, 0.717) is 5.56 Å². The molecule has 3 N–H and O–H groups in total. The van der Waals surface area contributed by atoms with Gasteiger partial charge in [-0.05, 0) is 30.3 Å². The molecule has 0 amide bonds. The van der Waals surface area contributed by atoms with Gasteiger partial charge in [0.05, 0.1) is 27.7 Å². The van der Waals surface area contributed by atoms with Crippen LogP contribution in [-0.4, -0.2) is 28.2 Å². The van der Waals surface area contributed by atoms with E-state index in [1.807, 2.05) is 30.3 Å². The smallest absolute Gasteiger partial charge is 0.307 e. The topological polar surface area (TPSA) is 130 Å². The number of nitrogens with one attached hydrogen (secondary N) is 3. The number of rotatable bonds is 5. The van der Waals surface area contributed by atoms with Gasteiger partial charge in [-0.3, -0.25) is 9.78 Å². The van der Waals surface area contributed by atoms with Gasteiger partial charge in [-0.2, -0.15) is 5.10 Å². The Hall–Kier alpha value is -3.50. The first kappa shape index (κ1) is 17.9. The molecule has 0 bridgehead atoms. The Labute approximate surface area is 158 Å². The molecule has 0 unspecified atom stereocenters. The molecule has 2 aromatic carbocycles. The molecule has 4 aromatic rings. The maximum atomic E-state index is 12.6.